The van der Waals surface area contributed by atoms with Gasteiger partial charge in [0.1, 0.15) is 0 Å². The molecule has 0 aromatic rings. The van der Waals surface area contributed by atoms with Gasteiger partial charge in [-0.05, 0) is 51.5 Å². The zero-order chi connectivity index (χ0) is 10.7. The summed E-state index contributed by atoms with van der Waals surface area (Å²) in [7, 11) is 0. The van der Waals surface area contributed by atoms with Gasteiger partial charge < -0.3 is 10.6 Å². The lowest BCUT2D eigenvalue weighted by molar-refractivity contribution is -0.122. The van der Waals surface area contributed by atoms with Crippen molar-refractivity contribution in [3.05, 3.63) is 0 Å². The van der Waals surface area contributed by atoms with E-state index in [0.29, 0.717) is 18.5 Å². The minimum Gasteiger partial charge on any atom is -0.353 e. The Kier molecular flexibility index (Phi) is 3.62. The average Bonchev–Trinajstić information content (AvgIpc) is 2.93. The van der Waals surface area contributed by atoms with Crippen molar-refractivity contribution in [2.45, 2.75) is 57.5 Å². The van der Waals surface area contributed by atoms with Crippen molar-refractivity contribution in [2.24, 2.45) is 5.92 Å². The zero-order valence-corrected chi connectivity index (χ0v) is 9.59. The molecule has 2 rings (SSSR count). The van der Waals surface area contributed by atoms with Crippen LogP contribution in [0.3, 0.4) is 0 Å². The molecule has 1 aliphatic heterocycles. The van der Waals surface area contributed by atoms with E-state index in [2.05, 4.69) is 17.6 Å². The van der Waals surface area contributed by atoms with Gasteiger partial charge in [-0.25, -0.2) is 0 Å². The molecule has 1 amide bonds. The molecule has 2 atom stereocenters. The first-order valence-corrected chi connectivity index (χ1v) is 6.28. The van der Waals surface area contributed by atoms with E-state index in [-0.39, 0.29) is 5.91 Å². The number of hydrogen-bond acceptors (Lipinski definition) is 2. The van der Waals surface area contributed by atoms with Crippen LogP contribution in [-0.4, -0.2) is 24.5 Å². The van der Waals surface area contributed by atoms with Gasteiger partial charge >= 0.3 is 0 Å². The van der Waals surface area contributed by atoms with Crippen LogP contribution in [0.15, 0.2) is 0 Å². The fourth-order valence-corrected chi connectivity index (χ4v) is 2.35. The summed E-state index contributed by atoms with van der Waals surface area (Å²) in [6.45, 7) is 3.26. The van der Waals surface area contributed by atoms with Crippen LogP contribution in [0.25, 0.3) is 0 Å². The quantitative estimate of drug-likeness (QED) is 0.721. The molecule has 2 fully saturated rings. The number of carbonyl (C=O) groups excluding carboxylic acids is 1. The molecule has 0 bridgehead atoms. The molecule has 2 aliphatic rings. The molecule has 2 unspecified atom stereocenters. The van der Waals surface area contributed by atoms with Gasteiger partial charge in [-0.1, -0.05) is 0 Å². The van der Waals surface area contributed by atoms with Crippen LogP contribution in [0.2, 0.25) is 0 Å². The fourth-order valence-electron chi connectivity index (χ4n) is 2.35. The predicted octanol–water partition coefficient (Wildman–Crippen LogP) is 1.43. The highest BCUT2D eigenvalue weighted by Crippen LogP contribution is 2.32. The number of rotatable bonds is 5. The average molecular weight is 210 g/mol. The van der Waals surface area contributed by atoms with E-state index in [1.807, 2.05) is 0 Å². The van der Waals surface area contributed by atoms with Gasteiger partial charge in [0, 0.05) is 18.5 Å². The molecular weight excluding hydrogens is 188 g/mol. The maximum atomic E-state index is 11.6. The Bertz CT molecular complexity index is 220. The van der Waals surface area contributed by atoms with Crippen molar-refractivity contribution < 1.29 is 4.79 Å². The summed E-state index contributed by atoms with van der Waals surface area (Å²) in [6.07, 6.45) is 6.80. The van der Waals surface area contributed by atoms with Gasteiger partial charge in [-0.15, -0.1) is 0 Å². The number of hydrogen-bond donors (Lipinski definition) is 2. The van der Waals surface area contributed by atoms with E-state index in [9.17, 15) is 4.79 Å². The maximum absolute atomic E-state index is 11.6. The van der Waals surface area contributed by atoms with Crippen LogP contribution in [0.4, 0.5) is 0 Å². The van der Waals surface area contributed by atoms with Gasteiger partial charge in [0.2, 0.25) is 5.91 Å². The molecule has 0 radical (unpaired) electrons. The Labute approximate surface area is 92.0 Å². The van der Waals surface area contributed by atoms with Gasteiger partial charge in [0.25, 0.3) is 0 Å². The standard InChI is InChI=1S/C12H22N2O/c1-9(10-4-5-10)14-12(15)7-6-11-3-2-8-13-11/h9-11,13H,2-8H2,1H3,(H,14,15). The molecule has 0 aromatic heterocycles. The Balaban J connectivity index is 1.59. The summed E-state index contributed by atoms with van der Waals surface area (Å²) in [5.74, 6) is 1.00. The van der Waals surface area contributed by atoms with Crippen molar-refractivity contribution in [1.29, 1.82) is 0 Å². The third-order valence-corrected chi connectivity index (χ3v) is 3.60. The van der Waals surface area contributed by atoms with Crippen molar-refractivity contribution in [2.75, 3.05) is 6.54 Å². The van der Waals surface area contributed by atoms with Crippen LogP contribution in [0, 0.1) is 5.92 Å². The van der Waals surface area contributed by atoms with Crippen molar-refractivity contribution >= 4 is 5.91 Å². The molecule has 1 saturated heterocycles. The van der Waals surface area contributed by atoms with Crippen molar-refractivity contribution in [3.63, 3.8) is 0 Å². The summed E-state index contributed by atoms with van der Waals surface area (Å²) in [5, 5.41) is 6.52. The Morgan fingerprint density at radius 2 is 2.27 bits per heavy atom. The summed E-state index contributed by atoms with van der Waals surface area (Å²) < 4.78 is 0. The van der Waals surface area contributed by atoms with Gasteiger partial charge in [0.05, 0.1) is 0 Å². The molecule has 15 heavy (non-hydrogen) atoms. The first-order valence-electron chi connectivity index (χ1n) is 6.28. The second kappa shape index (κ2) is 4.97. The third kappa shape index (κ3) is 3.49. The van der Waals surface area contributed by atoms with E-state index in [1.165, 1.54) is 25.7 Å². The second-order valence-electron chi connectivity index (χ2n) is 5.03. The molecule has 3 nitrogen and oxygen atoms in total. The molecule has 0 spiro atoms. The first-order chi connectivity index (χ1) is 7.25. The molecule has 1 aliphatic carbocycles. The third-order valence-electron chi connectivity index (χ3n) is 3.60. The highest BCUT2D eigenvalue weighted by molar-refractivity contribution is 5.76. The van der Waals surface area contributed by atoms with Gasteiger partial charge in [-0.3, -0.25) is 4.79 Å². The Morgan fingerprint density at radius 3 is 2.87 bits per heavy atom. The summed E-state index contributed by atoms with van der Waals surface area (Å²) in [4.78, 5) is 11.6. The van der Waals surface area contributed by atoms with E-state index in [4.69, 9.17) is 0 Å². The predicted molar refractivity (Wildman–Crippen MR) is 60.6 cm³/mol. The molecule has 3 heteroatoms. The molecule has 1 saturated carbocycles. The van der Waals surface area contributed by atoms with Gasteiger partial charge in [0.15, 0.2) is 0 Å². The number of amides is 1. The Hall–Kier alpha value is -0.570. The van der Waals surface area contributed by atoms with E-state index < -0.39 is 0 Å². The monoisotopic (exact) mass is 210 g/mol. The molecule has 2 N–H and O–H groups in total. The van der Waals surface area contributed by atoms with Crippen LogP contribution >= 0.6 is 0 Å². The SMILES string of the molecule is CC(NC(=O)CCC1CCCN1)C1CC1. The Morgan fingerprint density at radius 1 is 1.47 bits per heavy atom. The fraction of sp³-hybridized carbons (Fsp3) is 0.917. The van der Waals surface area contributed by atoms with E-state index in [1.54, 1.807) is 0 Å². The first kappa shape index (κ1) is 10.9. The van der Waals surface area contributed by atoms with Crippen molar-refractivity contribution in [1.82, 2.24) is 10.6 Å². The lowest BCUT2D eigenvalue weighted by Gasteiger charge is -2.14. The lowest BCUT2D eigenvalue weighted by atomic mass is 10.1. The number of nitrogens with one attached hydrogen (secondary N) is 2. The minimum atomic E-state index is 0.239. The highest BCUT2D eigenvalue weighted by Gasteiger charge is 2.28. The van der Waals surface area contributed by atoms with Crippen LogP contribution in [-0.2, 0) is 4.79 Å². The normalized spacial score (nSPS) is 27.7. The largest absolute Gasteiger partial charge is 0.353 e. The van der Waals surface area contributed by atoms with Crippen LogP contribution < -0.4 is 10.6 Å². The van der Waals surface area contributed by atoms with Gasteiger partial charge in [-0.2, -0.15) is 0 Å². The topological polar surface area (TPSA) is 41.1 Å². The zero-order valence-electron chi connectivity index (χ0n) is 9.59. The minimum absolute atomic E-state index is 0.239. The van der Waals surface area contributed by atoms with E-state index >= 15 is 0 Å². The maximum Gasteiger partial charge on any atom is 0.220 e. The van der Waals surface area contributed by atoms with Crippen LogP contribution in [0.5, 0.6) is 0 Å². The molecule has 1 heterocycles. The van der Waals surface area contributed by atoms with E-state index in [0.717, 1.165) is 18.9 Å². The highest BCUT2D eigenvalue weighted by atomic mass is 16.1. The summed E-state index contributed by atoms with van der Waals surface area (Å²) >= 11 is 0. The molecule has 0 aromatic carbocycles. The second-order valence-corrected chi connectivity index (χ2v) is 5.03. The summed E-state index contributed by atoms with van der Waals surface area (Å²) in [5.41, 5.74) is 0. The number of carbonyl (C=O) groups is 1. The van der Waals surface area contributed by atoms with Crippen molar-refractivity contribution in [3.8, 4) is 0 Å². The van der Waals surface area contributed by atoms with Crippen LogP contribution in [0.1, 0.15) is 45.4 Å². The molecule has 86 valence electrons. The summed E-state index contributed by atoms with van der Waals surface area (Å²) in [6, 6.07) is 0.987. The lowest BCUT2D eigenvalue weighted by Crippen LogP contribution is -2.35. The molecular formula is C12H22N2O. The smallest absolute Gasteiger partial charge is 0.220 e.